The first-order valence-electron chi connectivity index (χ1n) is 6.90. The molecule has 1 aromatic carbocycles. The molecule has 1 fully saturated rings. The van der Waals surface area contributed by atoms with E-state index in [0.29, 0.717) is 12.1 Å². The quantitative estimate of drug-likeness (QED) is 0.722. The number of nitrogens with one attached hydrogen (secondary N) is 2. The zero-order valence-corrected chi connectivity index (χ0v) is 11.8. The van der Waals surface area contributed by atoms with Crippen LogP contribution in [0.5, 0.6) is 0 Å². The first kappa shape index (κ1) is 11.3. The smallest absolute Gasteiger partial charge is 0.169 e. The summed E-state index contributed by atoms with van der Waals surface area (Å²) in [5.74, 6) is 0. The molecule has 2 aliphatic rings. The summed E-state index contributed by atoms with van der Waals surface area (Å²) in [5, 5.41) is 5.68. The summed E-state index contributed by atoms with van der Waals surface area (Å²) in [6, 6.07) is 9.48. The number of hydrogen-bond donors (Lipinski definition) is 2. The van der Waals surface area contributed by atoms with Crippen molar-refractivity contribution in [2.24, 2.45) is 0 Å². The zero-order chi connectivity index (χ0) is 13.0. The average Bonchev–Trinajstić information content (AvgIpc) is 2.77. The van der Waals surface area contributed by atoms with Gasteiger partial charge in [0.1, 0.15) is 0 Å². The lowest BCUT2D eigenvalue weighted by Crippen LogP contribution is -2.54. The van der Waals surface area contributed by atoms with E-state index in [-0.39, 0.29) is 0 Å². The monoisotopic (exact) mass is 271 g/mol. The Balaban J connectivity index is 1.87. The van der Waals surface area contributed by atoms with Crippen molar-refractivity contribution in [2.75, 3.05) is 6.54 Å². The number of hydrogen-bond acceptors (Lipinski definition) is 1. The molecule has 2 atom stereocenters. The Kier molecular flexibility index (Phi) is 2.36. The van der Waals surface area contributed by atoms with Crippen molar-refractivity contribution in [3.05, 3.63) is 35.5 Å². The van der Waals surface area contributed by atoms with Gasteiger partial charge >= 0.3 is 0 Å². The third kappa shape index (κ3) is 1.59. The molecule has 3 nitrogen and oxygen atoms in total. The summed E-state index contributed by atoms with van der Waals surface area (Å²) < 4.78 is 0. The van der Waals surface area contributed by atoms with E-state index in [1.54, 1.807) is 0 Å². The summed E-state index contributed by atoms with van der Waals surface area (Å²) in [6.45, 7) is 3.23. The van der Waals surface area contributed by atoms with Gasteiger partial charge in [-0.05, 0) is 43.6 Å². The third-order valence-corrected chi connectivity index (χ3v) is 4.72. The van der Waals surface area contributed by atoms with Crippen LogP contribution in [0.2, 0.25) is 0 Å². The van der Waals surface area contributed by atoms with Crippen LogP contribution in [0.15, 0.2) is 24.3 Å². The maximum atomic E-state index is 5.49. The van der Waals surface area contributed by atoms with Crippen LogP contribution in [0.25, 0.3) is 10.9 Å². The number of fused-ring (bicyclic) bond motifs is 5. The van der Waals surface area contributed by atoms with Crippen LogP contribution in [-0.2, 0) is 6.42 Å². The van der Waals surface area contributed by atoms with Gasteiger partial charge in [0.05, 0.1) is 6.04 Å². The highest BCUT2D eigenvalue weighted by Gasteiger charge is 2.36. The van der Waals surface area contributed by atoms with E-state index >= 15 is 0 Å². The van der Waals surface area contributed by atoms with Crippen molar-refractivity contribution in [3.8, 4) is 0 Å². The average molecular weight is 271 g/mol. The van der Waals surface area contributed by atoms with Gasteiger partial charge < -0.3 is 15.2 Å². The summed E-state index contributed by atoms with van der Waals surface area (Å²) in [5.41, 5.74) is 4.13. The van der Waals surface area contributed by atoms with Crippen molar-refractivity contribution in [3.63, 3.8) is 0 Å². The second kappa shape index (κ2) is 3.97. The second-order valence-corrected chi connectivity index (χ2v) is 5.99. The maximum absolute atomic E-state index is 5.49. The molecule has 19 heavy (non-hydrogen) atoms. The first-order chi connectivity index (χ1) is 9.24. The molecular weight excluding hydrogens is 254 g/mol. The molecule has 1 aromatic heterocycles. The molecule has 2 unspecified atom stereocenters. The van der Waals surface area contributed by atoms with Gasteiger partial charge in [-0.1, -0.05) is 18.2 Å². The fraction of sp³-hybridized carbons (Fsp3) is 0.400. The Bertz CT molecular complexity index is 660. The normalized spacial score (nSPS) is 25.9. The lowest BCUT2D eigenvalue weighted by atomic mass is 9.92. The molecule has 0 radical (unpaired) electrons. The summed E-state index contributed by atoms with van der Waals surface area (Å²) in [4.78, 5) is 5.97. The van der Waals surface area contributed by atoms with E-state index in [4.69, 9.17) is 12.2 Å². The minimum atomic E-state index is 0.417. The van der Waals surface area contributed by atoms with Crippen LogP contribution in [0, 0.1) is 0 Å². The lowest BCUT2D eigenvalue weighted by Gasteiger charge is -2.43. The Labute approximate surface area is 118 Å². The molecule has 4 heteroatoms. The van der Waals surface area contributed by atoms with E-state index in [1.807, 2.05) is 0 Å². The van der Waals surface area contributed by atoms with E-state index in [2.05, 4.69) is 46.4 Å². The van der Waals surface area contributed by atoms with Gasteiger partial charge in [-0.15, -0.1) is 0 Å². The number of thiocarbonyl (C=S) groups is 1. The third-order valence-electron chi connectivity index (χ3n) is 4.37. The molecule has 0 spiro atoms. The van der Waals surface area contributed by atoms with Gasteiger partial charge in [-0.25, -0.2) is 0 Å². The van der Waals surface area contributed by atoms with E-state index in [1.165, 1.54) is 22.2 Å². The molecule has 1 saturated heterocycles. The number of H-pyrrole nitrogens is 1. The molecule has 2 aliphatic heterocycles. The standard InChI is InChI=1S/C15H17N3S/c1-9-8-13-14-11(6-7-18(13)15(19)16-9)10-4-2-3-5-12(10)17-14/h2-5,9,13,17H,6-8H2,1H3,(H,16,19). The Morgan fingerprint density at radius 1 is 1.32 bits per heavy atom. The number of benzene rings is 1. The summed E-state index contributed by atoms with van der Waals surface area (Å²) >= 11 is 5.49. The predicted molar refractivity (Wildman–Crippen MR) is 81.3 cm³/mol. The molecule has 4 rings (SSSR count). The number of nitrogens with zero attached hydrogens (tertiary/aromatic N) is 1. The van der Waals surface area contributed by atoms with Crippen molar-refractivity contribution < 1.29 is 0 Å². The van der Waals surface area contributed by atoms with Crippen molar-refractivity contribution in [2.45, 2.75) is 31.8 Å². The molecular formula is C15H17N3S. The minimum absolute atomic E-state index is 0.417. The molecule has 0 aliphatic carbocycles. The summed E-state index contributed by atoms with van der Waals surface area (Å²) in [7, 11) is 0. The van der Waals surface area contributed by atoms with Gasteiger partial charge in [-0.2, -0.15) is 0 Å². The molecule has 2 aromatic rings. The number of aromatic nitrogens is 1. The Morgan fingerprint density at radius 3 is 3.05 bits per heavy atom. The van der Waals surface area contributed by atoms with Crippen LogP contribution >= 0.6 is 12.2 Å². The lowest BCUT2D eigenvalue weighted by molar-refractivity contribution is 0.230. The van der Waals surface area contributed by atoms with Crippen LogP contribution in [0.1, 0.15) is 30.6 Å². The molecule has 0 saturated carbocycles. The maximum Gasteiger partial charge on any atom is 0.169 e. The fourth-order valence-corrected chi connectivity index (χ4v) is 3.91. The van der Waals surface area contributed by atoms with Gasteiger partial charge in [0, 0.05) is 29.2 Å². The minimum Gasteiger partial charge on any atom is -0.360 e. The highest BCUT2D eigenvalue weighted by molar-refractivity contribution is 7.80. The number of aromatic amines is 1. The van der Waals surface area contributed by atoms with E-state index in [9.17, 15) is 0 Å². The Hall–Kier alpha value is -1.55. The molecule has 98 valence electrons. The van der Waals surface area contributed by atoms with E-state index in [0.717, 1.165) is 24.5 Å². The largest absolute Gasteiger partial charge is 0.360 e. The fourth-order valence-electron chi connectivity index (χ4n) is 3.49. The van der Waals surface area contributed by atoms with Gasteiger partial charge in [0.25, 0.3) is 0 Å². The predicted octanol–water partition coefficient (Wildman–Crippen LogP) is 2.73. The highest BCUT2D eigenvalue weighted by atomic mass is 32.1. The van der Waals surface area contributed by atoms with Gasteiger partial charge in [0.2, 0.25) is 0 Å². The van der Waals surface area contributed by atoms with Crippen molar-refractivity contribution in [1.82, 2.24) is 15.2 Å². The molecule has 0 amide bonds. The SMILES string of the molecule is CC1CC2c3[nH]c4ccccc4c3CCN2C(=S)N1. The van der Waals surface area contributed by atoms with Crippen molar-refractivity contribution in [1.29, 1.82) is 0 Å². The van der Waals surface area contributed by atoms with E-state index < -0.39 is 0 Å². The van der Waals surface area contributed by atoms with Crippen molar-refractivity contribution >= 4 is 28.2 Å². The molecule has 0 bridgehead atoms. The van der Waals surface area contributed by atoms with Gasteiger partial charge in [-0.3, -0.25) is 0 Å². The second-order valence-electron chi connectivity index (χ2n) is 5.61. The van der Waals surface area contributed by atoms with Gasteiger partial charge in [0.15, 0.2) is 5.11 Å². The van der Waals surface area contributed by atoms with Crippen LogP contribution < -0.4 is 5.32 Å². The van der Waals surface area contributed by atoms with Crippen LogP contribution in [0.3, 0.4) is 0 Å². The van der Waals surface area contributed by atoms with Crippen LogP contribution in [0.4, 0.5) is 0 Å². The topological polar surface area (TPSA) is 31.1 Å². The first-order valence-corrected chi connectivity index (χ1v) is 7.31. The van der Waals surface area contributed by atoms with Crippen LogP contribution in [-0.4, -0.2) is 27.6 Å². The highest BCUT2D eigenvalue weighted by Crippen LogP contribution is 2.38. The zero-order valence-electron chi connectivity index (χ0n) is 10.9. The molecule has 3 heterocycles. The summed E-state index contributed by atoms with van der Waals surface area (Å²) in [6.07, 6.45) is 2.19. The number of para-hydroxylation sites is 1. The molecule has 2 N–H and O–H groups in total. The Morgan fingerprint density at radius 2 is 2.16 bits per heavy atom. The number of rotatable bonds is 0.